The molecule has 41 heavy (non-hydrogen) atoms. The number of fused-ring (bicyclic) bond motifs is 2. The summed E-state index contributed by atoms with van der Waals surface area (Å²) >= 11 is 6.36. The summed E-state index contributed by atoms with van der Waals surface area (Å²) in [6.45, 7) is 10.3. The van der Waals surface area contributed by atoms with Crippen LogP contribution in [0.4, 0.5) is 11.4 Å². The molecule has 2 atom stereocenters. The first kappa shape index (κ1) is 28.0. The number of aromatic nitrogens is 2. The number of benzene rings is 2. The molecule has 0 radical (unpaired) electrons. The van der Waals surface area contributed by atoms with Gasteiger partial charge in [0.15, 0.2) is 0 Å². The minimum atomic E-state index is 0.423. The number of hydrogen-bond donors (Lipinski definition) is 2. The molecule has 2 aliphatic heterocycles. The van der Waals surface area contributed by atoms with Crippen molar-refractivity contribution >= 4 is 44.9 Å². The van der Waals surface area contributed by atoms with Gasteiger partial charge in [0.25, 0.3) is 0 Å². The average Bonchev–Trinajstić information content (AvgIpc) is 3.64. The molecule has 216 valence electrons. The fraction of sp³-hybridized carbons (Fsp3) is 0.455. The van der Waals surface area contributed by atoms with Crippen molar-refractivity contribution in [3.05, 3.63) is 58.6 Å². The number of methoxy groups -OCH3 is 1. The molecule has 0 aliphatic carbocycles. The van der Waals surface area contributed by atoms with Crippen LogP contribution in [0.5, 0.6) is 11.6 Å². The SMILES string of the molecule is CCC1CCN(Cc2cc(Nc3c4ccc(Cl)cc4nc4ccc(OC)nc34)cc(CN3CCC(CC)C3)c2O)C1. The minimum Gasteiger partial charge on any atom is -0.507 e. The number of nitrogens with one attached hydrogen (secondary N) is 1. The van der Waals surface area contributed by atoms with Crippen LogP contribution in [-0.4, -0.2) is 58.2 Å². The average molecular weight is 574 g/mol. The van der Waals surface area contributed by atoms with Crippen molar-refractivity contribution in [2.45, 2.75) is 52.6 Å². The van der Waals surface area contributed by atoms with Crippen molar-refractivity contribution in [3.63, 3.8) is 0 Å². The summed E-state index contributed by atoms with van der Waals surface area (Å²) in [4.78, 5) is 14.6. The first-order valence-electron chi connectivity index (χ1n) is 14.9. The Morgan fingerprint density at radius 1 is 0.902 bits per heavy atom. The zero-order chi connectivity index (χ0) is 28.5. The van der Waals surface area contributed by atoms with Gasteiger partial charge in [-0.1, -0.05) is 38.3 Å². The Morgan fingerprint density at radius 3 is 2.15 bits per heavy atom. The van der Waals surface area contributed by atoms with Crippen molar-refractivity contribution in [3.8, 4) is 11.6 Å². The second-order valence-corrected chi connectivity index (χ2v) is 12.2. The summed E-state index contributed by atoms with van der Waals surface area (Å²) in [7, 11) is 1.62. The lowest BCUT2D eigenvalue weighted by atomic mass is 10.0. The zero-order valence-electron chi connectivity index (χ0n) is 24.3. The maximum Gasteiger partial charge on any atom is 0.213 e. The number of anilines is 2. The number of phenolic OH excluding ortho intramolecular Hbond substituents is 1. The molecule has 2 saturated heterocycles. The Kier molecular flexibility index (Phi) is 8.20. The molecule has 0 amide bonds. The second kappa shape index (κ2) is 12.0. The molecule has 7 nitrogen and oxygen atoms in total. The van der Waals surface area contributed by atoms with Crippen molar-refractivity contribution < 1.29 is 9.84 Å². The predicted octanol–water partition coefficient (Wildman–Crippen LogP) is 7.36. The van der Waals surface area contributed by atoms with Crippen LogP contribution < -0.4 is 10.1 Å². The standard InChI is InChI=1S/C33H40ClN5O2/c1-4-21-10-12-38(17-21)19-23-14-26(15-24(33(23)40)20-39-13-11-22(5-2)18-39)35-31-27-7-6-25(34)16-29(27)36-28-8-9-30(41-3)37-32(28)31/h6-9,14-16,21-22,40H,4-5,10-13,17-20H2,1-3H3,(H,35,36). The maximum atomic E-state index is 11.6. The lowest BCUT2D eigenvalue weighted by Crippen LogP contribution is -2.22. The fourth-order valence-corrected chi connectivity index (χ4v) is 6.66. The molecule has 4 heterocycles. The van der Waals surface area contributed by atoms with Crippen LogP contribution in [0, 0.1) is 11.8 Å². The summed E-state index contributed by atoms with van der Waals surface area (Å²) in [5.74, 6) is 2.42. The zero-order valence-corrected chi connectivity index (χ0v) is 25.0. The summed E-state index contributed by atoms with van der Waals surface area (Å²) in [5.41, 5.74) is 5.98. The normalized spacial score (nSPS) is 19.9. The highest BCUT2D eigenvalue weighted by atomic mass is 35.5. The largest absolute Gasteiger partial charge is 0.507 e. The lowest BCUT2D eigenvalue weighted by Gasteiger charge is -2.22. The van der Waals surface area contributed by atoms with Gasteiger partial charge in [-0.3, -0.25) is 9.80 Å². The number of hydrogen-bond acceptors (Lipinski definition) is 7. The Balaban J connectivity index is 1.42. The van der Waals surface area contributed by atoms with E-state index in [1.54, 1.807) is 7.11 Å². The molecule has 0 saturated carbocycles. The molecule has 2 aromatic heterocycles. The molecule has 8 heteroatoms. The van der Waals surface area contributed by atoms with Crippen LogP contribution in [0.2, 0.25) is 5.02 Å². The predicted molar refractivity (Wildman–Crippen MR) is 167 cm³/mol. The van der Waals surface area contributed by atoms with Crippen molar-refractivity contribution in [2.75, 3.05) is 38.6 Å². The van der Waals surface area contributed by atoms with Crippen LogP contribution in [0.1, 0.15) is 50.7 Å². The van der Waals surface area contributed by atoms with Crippen molar-refractivity contribution in [1.29, 1.82) is 0 Å². The van der Waals surface area contributed by atoms with Gasteiger partial charge in [-0.15, -0.1) is 0 Å². The molecule has 0 bridgehead atoms. The topological polar surface area (TPSA) is 73.8 Å². The number of halogens is 1. The third-order valence-corrected chi connectivity index (χ3v) is 9.22. The van der Waals surface area contributed by atoms with Gasteiger partial charge in [-0.2, -0.15) is 0 Å². The smallest absolute Gasteiger partial charge is 0.213 e. The van der Waals surface area contributed by atoms with E-state index in [4.69, 9.17) is 26.3 Å². The molecule has 6 rings (SSSR count). The highest BCUT2D eigenvalue weighted by molar-refractivity contribution is 6.31. The third-order valence-electron chi connectivity index (χ3n) is 8.98. The number of rotatable bonds is 9. The molecule has 4 aromatic rings. The minimum absolute atomic E-state index is 0.423. The third kappa shape index (κ3) is 5.94. The van der Waals surface area contributed by atoms with Gasteiger partial charge in [0.2, 0.25) is 5.88 Å². The van der Waals surface area contributed by atoms with E-state index in [1.807, 2.05) is 30.3 Å². The van der Waals surface area contributed by atoms with E-state index in [0.29, 0.717) is 16.7 Å². The van der Waals surface area contributed by atoms with E-state index in [2.05, 4.69) is 41.1 Å². The first-order chi connectivity index (χ1) is 19.9. The number of nitrogens with zero attached hydrogens (tertiary/aromatic N) is 4. The highest BCUT2D eigenvalue weighted by Gasteiger charge is 2.25. The van der Waals surface area contributed by atoms with E-state index in [1.165, 1.54) is 25.7 Å². The van der Waals surface area contributed by atoms with Crippen LogP contribution in [-0.2, 0) is 13.1 Å². The van der Waals surface area contributed by atoms with E-state index >= 15 is 0 Å². The Morgan fingerprint density at radius 2 is 1.56 bits per heavy atom. The van der Waals surface area contributed by atoms with Gasteiger partial charge in [0, 0.05) is 59.5 Å². The molecule has 0 spiro atoms. The molecule has 2 N–H and O–H groups in total. The molecule has 2 aliphatic rings. The van der Waals surface area contributed by atoms with Gasteiger partial charge in [-0.25, -0.2) is 9.97 Å². The van der Waals surface area contributed by atoms with E-state index in [9.17, 15) is 5.11 Å². The molecular weight excluding hydrogens is 534 g/mol. The van der Waals surface area contributed by atoms with Gasteiger partial charge >= 0.3 is 0 Å². The van der Waals surface area contributed by atoms with E-state index in [0.717, 1.165) is 95.5 Å². The van der Waals surface area contributed by atoms with E-state index in [-0.39, 0.29) is 0 Å². The highest BCUT2D eigenvalue weighted by Crippen LogP contribution is 2.38. The Hall–Kier alpha value is -3.13. The fourth-order valence-electron chi connectivity index (χ4n) is 6.49. The number of pyridine rings is 2. The monoisotopic (exact) mass is 573 g/mol. The summed E-state index contributed by atoms with van der Waals surface area (Å²) in [6.07, 6.45) is 4.84. The van der Waals surface area contributed by atoms with Crippen LogP contribution >= 0.6 is 11.6 Å². The summed E-state index contributed by atoms with van der Waals surface area (Å²) < 4.78 is 5.47. The maximum absolute atomic E-state index is 11.6. The van der Waals surface area contributed by atoms with Crippen LogP contribution in [0.25, 0.3) is 21.9 Å². The summed E-state index contributed by atoms with van der Waals surface area (Å²) in [6, 6.07) is 13.7. The van der Waals surface area contributed by atoms with E-state index < -0.39 is 0 Å². The number of likely N-dealkylation sites (tertiary alicyclic amines) is 2. The van der Waals surface area contributed by atoms with Crippen LogP contribution in [0.3, 0.4) is 0 Å². The first-order valence-corrected chi connectivity index (χ1v) is 15.3. The van der Waals surface area contributed by atoms with Gasteiger partial charge < -0.3 is 15.2 Å². The second-order valence-electron chi connectivity index (χ2n) is 11.7. The molecule has 2 unspecified atom stereocenters. The van der Waals surface area contributed by atoms with Crippen molar-refractivity contribution in [1.82, 2.24) is 19.8 Å². The number of aromatic hydroxyl groups is 1. The van der Waals surface area contributed by atoms with Crippen molar-refractivity contribution in [2.24, 2.45) is 11.8 Å². The summed E-state index contributed by atoms with van der Waals surface area (Å²) in [5, 5.41) is 16.8. The molecule has 2 fully saturated rings. The van der Waals surface area contributed by atoms with Gasteiger partial charge in [-0.05, 0) is 74.2 Å². The Bertz CT molecular complexity index is 1520. The molecular formula is C33H40ClN5O2. The quantitative estimate of drug-likeness (QED) is 0.160. The lowest BCUT2D eigenvalue weighted by molar-refractivity contribution is 0.299. The number of ether oxygens (including phenoxy) is 1. The molecule has 2 aromatic carbocycles. The Labute approximate surface area is 247 Å². The number of phenols is 1. The van der Waals surface area contributed by atoms with Gasteiger partial charge in [0.1, 0.15) is 11.3 Å². The van der Waals surface area contributed by atoms with Crippen LogP contribution in [0.15, 0.2) is 42.5 Å². The van der Waals surface area contributed by atoms with Gasteiger partial charge in [0.05, 0.1) is 23.8 Å².